The highest BCUT2D eigenvalue weighted by molar-refractivity contribution is 7.63. The topological polar surface area (TPSA) is 0 Å². The Kier molecular flexibility index (Phi) is 8.12. The van der Waals surface area contributed by atoms with Gasteiger partial charge in [-0.05, 0) is 111 Å². The van der Waals surface area contributed by atoms with Crippen LogP contribution in [0.25, 0.3) is 49.5 Å². The largest absolute Gasteiger partial charge is 0.0919 e. The average molecular weight is 737 g/mol. The first-order chi connectivity index (χ1) is 26.1. The Bertz CT molecular complexity index is 2630. The van der Waals surface area contributed by atoms with E-state index in [2.05, 4.69) is 187 Å². The minimum Gasteiger partial charge on any atom is -0.0919 e. The summed E-state index contributed by atoms with van der Waals surface area (Å²) in [6.07, 6.45) is 7.52. The Balaban J connectivity index is 1.33. The maximum Gasteiger partial charge on any atom is 0.0174 e. The fourth-order valence-corrected chi connectivity index (χ4v) is 18.2. The van der Waals surface area contributed by atoms with Crippen LogP contribution in [0.3, 0.4) is 0 Å². The van der Waals surface area contributed by atoms with Crippen molar-refractivity contribution in [1.82, 2.24) is 0 Å². The molecule has 7 aromatic rings. The van der Waals surface area contributed by atoms with Gasteiger partial charge in [-0.2, -0.15) is 0 Å². The van der Waals surface area contributed by atoms with Gasteiger partial charge in [0.05, 0.1) is 0 Å². The molecule has 0 N–H and O–H groups in total. The SMILES string of the molecule is CC(C)(C)[P@@]1Cc2ccc3ccccc3c2-c2c(ccc3ccccc23)[C@@H]1[C@H]1C2C=Cc3ccccc3C2c2c(ccc3ccccc23)C[P@]1C(C)(C)C. The Hall–Kier alpha value is -4.08. The molecular formula is C52H50P2. The summed E-state index contributed by atoms with van der Waals surface area (Å²) >= 11 is 0. The van der Waals surface area contributed by atoms with E-state index < -0.39 is 15.8 Å². The molecule has 54 heavy (non-hydrogen) atoms. The van der Waals surface area contributed by atoms with Crippen molar-refractivity contribution in [3.05, 3.63) is 173 Å². The monoisotopic (exact) mass is 736 g/mol. The molecule has 0 bridgehead atoms. The average Bonchev–Trinajstić information content (AvgIpc) is 3.43. The third kappa shape index (κ3) is 5.39. The van der Waals surface area contributed by atoms with E-state index in [1.54, 1.807) is 22.3 Å². The van der Waals surface area contributed by atoms with Crippen LogP contribution in [0.5, 0.6) is 0 Å². The van der Waals surface area contributed by atoms with Crippen LogP contribution in [0.4, 0.5) is 0 Å². The van der Waals surface area contributed by atoms with Crippen LogP contribution in [0.15, 0.2) is 140 Å². The molecule has 0 saturated carbocycles. The third-order valence-corrected chi connectivity index (χ3v) is 20.6. The van der Waals surface area contributed by atoms with Crippen molar-refractivity contribution in [2.75, 3.05) is 0 Å². The minimum atomic E-state index is -0.523. The van der Waals surface area contributed by atoms with Gasteiger partial charge in [-0.1, -0.05) is 203 Å². The predicted octanol–water partition coefficient (Wildman–Crippen LogP) is 15.3. The van der Waals surface area contributed by atoms with Crippen molar-refractivity contribution in [2.45, 2.75) is 81.4 Å². The van der Waals surface area contributed by atoms with Crippen molar-refractivity contribution < 1.29 is 0 Å². The number of benzene rings is 7. The van der Waals surface area contributed by atoms with Gasteiger partial charge < -0.3 is 0 Å². The maximum absolute atomic E-state index is 2.71. The Morgan fingerprint density at radius 1 is 0.481 bits per heavy atom. The molecule has 3 aliphatic rings. The van der Waals surface area contributed by atoms with Crippen LogP contribution in [0, 0.1) is 5.92 Å². The number of allylic oxidation sites excluding steroid dienone is 1. The second-order valence-corrected chi connectivity index (χ2v) is 24.4. The lowest BCUT2D eigenvalue weighted by atomic mass is 9.70. The lowest BCUT2D eigenvalue weighted by Gasteiger charge is -2.50. The summed E-state index contributed by atoms with van der Waals surface area (Å²) < 4.78 is 0. The molecule has 0 saturated heterocycles. The summed E-state index contributed by atoms with van der Waals surface area (Å²) in [6, 6.07) is 51.9. The Morgan fingerprint density at radius 2 is 1.02 bits per heavy atom. The maximum atomic E-state index is 2.71. The van der Waals surface area contributed by atoms with E-state index in [4.69, 9.17) is 0 Å². The molecule has 0 spiro atoms. The van der Waals surface area contributed by atoms with Crippen LogP contribution in [-0.2, 0) is 12.3 Å². The zero-order chi connectivity index (χ0) is 36.9. The van der Waals surface area contributed by atoms with E-state index in [9.17, 15) is 0 Å². The molecule has 0 amide bonds. The van der Waals surface area contributed by atoms with Crippen molar-refractivity contribution in [2.24, 2.45) is 5.92 Å². The van der Waals surface area contributed by atoms with E-state index in [0.29, 0.717) is 23.2 Å². The molecule has 2 aliphatic heterocycles. The Morgan fingerprint density at radius 3 is 1.70 bits per heavy atom. The van der Waals surface area contributed by atoms with Gasteiger partial charge in [0, 0.05) is 11.6 Å². The van der Waals surface area contributed by atoms with Crippen LogP contribution in [0.1, 0.15) is 86.5 Å². The predicted molar refractivity (Wildman–Crippen MR) is 239 cm³/mol. The molecule has 10 rings (SSSR count). The van der Waals surface area contributed by atoms with Crippen LogP contribution >= 0.6 is 15.8 Å². The number of fused-ring (bicyclic) bond motifs is 14. The van der Waals surface area contributed by atoms with Gasteiger partial charge in [0.25, 0.3) is 0 Å². The zero-order valence-electron chi connectivity index (χ0n) is 32.5. The minimum absolute atomic E-state index is 0.146. The standard InChI is InChI=1S/C52H50P2/c1-51(2,3)53-31-37-25-23-33-15-7-11-19-39(33)45(37)47-41-21-13-9-17-35(41)27-29-43(47)49(53)50-44-30-28-36-18-10-14-22-42(36)48(44)46-38(32-54(50)52(4,5)6)26-24-34-16-8-12-20-40(34)46/h7-30,43,47,49-50H,31-32H2,1-6H3/t43?,47?,49-,50-,53+,54+/m1/s1. The molecule has 1 aliphatic carbocycles. The molecule has 7 aromatic carbocycles. The molecule has 2 unspecified atom stereocenters. The van der Waals surface area contributed by atoms with Gasteiger partial charge in [0.15, 0.2) is 0 Å². The first-order valence-corrected chi connectivity index (χ1v) is 23.1. The van der Waals surface area contributed by atoms with Gasteiger partial charge in [-0.3, -0.25) is 0 Å². The van der Waals surface area contributed by atoms with Crippen LogP contribution < -0.4 is 0 Å². The van der Waals surface area contributed by atoms with Gasteiger partial charge in [-0.15, -0.1) is 0 Å². The molecule has 0 nitrogen and oxygen atoms in total. The lowest BCUT2D eigenvalue weighted by molar-refractivity contribution is 0.518. The Labute approximate surface area is 324 Å². The quantitative estimate of drug-likeness (QED) is 0.147. The van der Waals surface area contributed by atoms with Crippen LogP contribution in [-0.4, -0.2) is 16.0 Å². The van der Waals surface area contributed by atoms with E-state index in [0.717, 1.165) is 12.3 Å². The van der Waals surface area contributed by atoms with Gasteiger partial charge in [0.1, 0.15) is 0 Å². The first kappa shape index (κ1) is 34.4. The number of rotatable bonds is 1. The molecular weight excluding hydrogens is 687 g/mol. The highest BCUT2D eigenvalue weighted by Crippen LogP contribution is 2.76. The van der Waals surface area contributed by atoms with Gasteiger partial charge in [-0.25, -0.2) is 0 Å². The molecule has 0 aromatic heterocycles. The molecule has 0 radical (unpaired) electrons. The van der Waals surface area contributed by atoms with E-state index in [1.165, 1.54) is 54.6 Å². The van der Waals surface area contributed by atoms with Gasteiger partial charge in [0.2, 0.25) is 0 Å². The second kappa shape index (κ2) is 12.7. The number of hydrogen-bond acceptors (Lipinski definition) is 0. The van der Waals surface area contributed by atoms with Gasteiger partial charge >= 0.3 is 0 Å². The smallest absolute Gasteiger partial charge is 0.0174 e. The third-order valence-electron chi connectivity index (χ3n) is 12.9. The summed E-state index contributed by atoms with van der Waals surface area (Å²) in [5.74, 6) is 0.686. The molecule has 268 valence electrons. The fraction of sp³-hybridized carbons (Fsp3) is 0.269. The first-order valence-electron chi connectivity index (χ1n) is 19.9. The van der Waals surface area contributed by atoms with E-state index in [-0.39, 0.29) is 10.3 Å². The molecule has 6 atom stereocenters. The normalized spacial score (nSPS) is 23.5. The highest BCUT2D eigenvalue weighted by atomic mass is 31.1. The van der Waals surface area contributed by atoms with E-state index >= 15 is 0 Å². The lowest BCUT2D eigenvalue weighted by Crippen LogP contribution is -2.36. The van der Waals surface area contributed by atoms with Crippen molar-refractivity contribution in [3.8, 4) is 11.1 Å². The fourth-order valence-electron chi connectivity index (χ4n) is 10.6. The summed E-state index contributed by atoms with van der Waals surface area (Å²) in [5.41, 5.74) is 13.1. The van der Waals surface area contributed by atoms with Crippen molar-refractivity contribution >= 4 is 54.2 Å². The summed E-state index contributed by atoms with van der Waals surface area (Å²) in [6.45, 7) is 15.4. The summed E-state index contributed by atoms with van der Waals surface area (Å²) in [5, 5.41) is 8.62. The molecule has 0 fully saturated rings. The molecule has 2 heterocycles. The summed E-state index contributed by atoms with van der Waals surface area (Å²) in [7, 11) is -1.02. The zero-order valence-corrected chi connectivity index (χ0v) is 34.3. The highest BCUT2D eigenvalue weighted by Gasteiger charge is 2.52. The summed E-state index contributed by atoms with van der Waals surface area (Å²) in [4.78, 5) is 0. The van der Waals surface area contributed by atoms with Crippen molar-refractivity contribution in [3.63, 3.8) is 0 Å². The second-order valence-electron chi connectivity index (χ2n) is 18.0. The number of hydrogen-bond donors (Lipinski definition) is 0. The van der Waals surface area contributed by atoms with E-state index in [1.807, 2.05) is 0 Å². The molecule has 2 heteroatoms. The van der Waals surface area contributed by atoms with Crippen molar-refractivity contribution in [1.29, 1.82) is 0 Å². The van der Waals surface area contributed by atoms with Crippen LogP contribution in [0.2, 0.25) is 0 Å².